The van der Waals surface area contributed by atoms with E-state index >= 15 is 0 Å². The molecule has 5 rings (SSSR count). The van der Waals surface area contributed by atoms with Crippen molar-refractivity contribution in [1.82, 2.24) is 0 Å². The van der Waals surface area contributed by atoms with E-state index in [1.54, 1.807) is 0 Å². The third kappa shape index (κ3) is 1.90. The lowest BCUT2D eigenvalue weighted by molar-refractivity contribution is -0.244. The van der Waals surface area contributed by atoms with Gasteiger partial charge in [0, 0.05) is 5.41 Å². The number of ether oxygens (including phenoxy) is 2. The van der Waals surface area contributed by atoms with Crippen LogP contribution in [0.3, 0.4) is 0 Å². The molecular formula is C21H33BrO2. The molecule has 0 aromatic heterocycles. The van der Waals surface area contributed by atoms with E-state index in [0.717, 1.165) is 36.9 Å². The van der Waals surface area contributed by atoms with Crippen LogP contribution in [0, 0.1) is 34.5 Å². The first-order valence-corrected chi connectivity index (χ1v) is 11.3. The van der Waals surface area contributed by atoms with Crippen molar-refractivity contribution in [3.63, 3.8) is 0 Å². The molecule has 3 heteroatoms. The Morgan fingerprint density at radius 1 is 0.875 bits per heavy atom. The minimum absolute atomic E-state index is 0.205. The van der Waals surface area contributed by atoms with E-state index in [-0.39, 0.29) is 11.2 Å². The first-order valence-electron chi connectivity index (χ1n) is 10.4. The highest BCUT2D eigenvalue weighted by atomic mass is 79.9. The standard InChI is InChI=1S/C21H33BrO2/c1-19-9-4-3-5-14(19)6-7-15-16(19)8-10-20(2)17(15)13-18(22)21(20)23-11-12-24-21/h14-18H,3-13H2,1-2H3/t14-,15+,16-,17+,18+,19-,20+/m0/s1. The molecule has 5 fully saturated rings. The van der Waals surface area contributed by atoms with E-state index in [0.29, 0.717) is 10.2 Å². The fourth-order valence-electron chi connectivity index (χ4n) is 8.16. The average Bonchev–Trinajstić information content (AvgIpc) is 3.15. The van der Waals surface area contributed by atoms with Crippen LogP contribution in [0.2, 0.25) is 0 Å². The maximum Gasteiger partial charge on any atom is 0.186 e. The van der Waals surface area contributed by atoms with Crippen molar-refractivity contribution in [2.24, 2.45) is 34.5 Å². The minimum atomic E-state index is -0.340. The average molecular weight is 397 g/mol. The predicted octanol–water partition coefficient (Wildman–Crippen LogP) is 5.54. The molecule has 0 amide bonds. The number of fused-ring (bicyclic) bond motifs is 6. The van der Waals surface area contributed by atoms with E-state index in [1.165, 1.54) is 57.8 Å². The molecule has 1 saturated heterocycles. The molecule has 24 heavy (non-hydrogen) atoms. The summed E-state index contributed by atoms with van der Waals surface area (Å²) in [5.41, 5.74) is 0.828. The van der Waals surface area contributed by atoms with Gasteiger partial charge in [-0.15, -0.1) is 0 Å². The third-order valence-corrected chi connectivity index (χ3v) is 10.3. The minimum Gasteiger partial charge on any atom is -0.346 e. The summed E-state index contributed by atoms with van der Waals surface area (Å²) in [4.78, 5) is 0.373. The summed E-state index contributed by atoms with van der Waals surface area (Å²) in [5, 5.41) is 0. The van der Waals surface area contributed by atoms with Gasteiger partial charge in [-0.3, -0.25) is 0 Å². The zero-order valence-corrected chi connectivity index (χ0v) is 16.9. The molecule has 5 aliphatic rings. The van der Waals surface area contributed by atoms with E-state index in [2.05, 4.69) is 29.8 Å². The molecule has 7 atom stereocenters. The van der Waals surface area contributed by atoms with Gasteiger partial charge in [-0.1, -0.05) is 42.6 Å². The van der Waals surface area contributed by atoms with Crippen LogP contribution in [-0.2, 0) is 9.47 Å². The Kier molecular flexibility index (Phi) is 3.76. The Morgan fingerprint density at radius 3 is 2.46 bits per heavy atom. The second kappa shape index (κ2) is 5.45. The third-order valence-electron chi connectivity index (χ3n) is 9.36. The Bertz CT molecular complexity index is 516. The first-order chi connectivity index (χ1) is 11.5. The molecule has 2 nitrogen and oxygen atoms in total. The molecule has 1 aliphatic heterocycles. The van der Waals surface area contributed by atoms with Crippen molar-refractivity contribution in [1.29, 1.82) is 0 Å². The quantitative estimate of drug-likeness (QED) is 0.500. The lowest BCUT2D eigenvalue weighted by Gasteiger charge is -2.61. The van der Waals surface area contributed by atoms with E-state index < -0.39 is 0 Å². The van der Waals surface area contributed by atoms with Gasteiger partial charge in [0.15, 0.2) is 5.79 Å². The van der Waals surface area contributed by atoms with Crippen LogP contribution in [0.1, 0.15) is 71.6 Å². The van der Waals surface area contributed by atoms with Gasteiger partial charge in [-0.25, -0.2) is 0 Å². The van der Waals surface area contributed by atoms with Gasteiger partial charge in [-0.2, -0.15) is 0 Å². The van der Waals surface area contributed by atoms with Crippen molar-refractivity contribution in [2.75, 3.05) is 13.2 Å². The second-order valence-electron chi connectivity index (χ2n) is 9.93. The molecular weight excluding hydrogens is 364 g/mol. The summed E-state index contributed by atoms with van der Waals surface area (Å²) in [5.74, 6) is 3.29. The van der Waals surface area contributed by atoms with Crippen LogP contribution >= 0.6 is 15.9 Å². The molecule has 0 unspecified atom stereocenters. The van der Waals surface area contributed by atoms with Gasteiger partial charge < -0.3 is 9.47 Å². The van der Waals surface area contributed by atoms with Gasteiger partial charge in [0.25, 0.3) is 0 Å². The Morgan fingerprint density at radius 2 is 1.67 bits per heavy atom. The van der Waals surface area contributed by atoms with Crippen LogP contribution in [-0.4, -0.2) is 23.8 Å². The van der Waals surface area contributed by atoms with E-state index in [1.807, 2.05) is 0 Å². The number of rotatable bonds is 0. The molecule has 136 valence electrons. The molecule has 4 saturated carbocycles. The van der Waals surface area contributed by atoms with Crippen molar-refractivity contribution in [3.05, 3.63) is 0 Å². The van der Waals surface area contributed by atoms with Crippen molar-refractivity contribution < 1.29 is 9.47 Å². The first kappa shape index (κ1) is 16.6. The highest BCUT2D eigenvalue weighted by Crippen LogP contribution is 2.70. The fraction of sp³-hybridized carbons (Fsp3) is 1.00. The highest BCUT2D eigenvalue weighted by molar-refractivity contribution is 9.09. The highest BCUT2D eigenvalue weighted by Gasteiger charge is 2.70. The van der Waals surface area contributed by atoms with Gasteiger partial charge in [0.1, 0.15) is 0 Å². The maximum absolute atomic E-state index is 6.33. The van der Waals surface area contributed by atoms with Gasteiger partial charge in [-0.05, 0) is 74.0 Å². The van der Waals surface area contributed by atoms with Gasteiger partial charge in [0.2, 0.25) is 0 Å². The summed E-state index contributed by atoms with van der Waals surface area (Å²) in [7, 11) is 0. The topological polar surface area (TPSA) is 18.5 Å². The van der Waals surface area contributed by atoms with Crippen LogP contribution in [0.15, 0.2) is 0 Å². The fourth-order valence-corrected chi connectivity index (χ4v) is 9.35. The SMILES string of the molecule is C[C@]12CCCC[C@H]1CC[C@H]1[C@H]3C[C@@H](Br)C4(OCCO4)[C@]3(C)CC[C@@H]12. The molecule has 0 bridgehead atoms. The number of alkyl halides is 1. The Labute approximate surface area is 155 Å². The second-order valence-corrected chi connectivity index (χ2v) is 11.0. The number of halogens is 1. The lowest BCUT2D eigenvalue weighted by atomic mass is 9.45. The summed E-state index contributed by atoms with van der Waals surface area (Å²) in [6.45, 7) is 6.71. The van der Waals surface area contributed by atoms with Crippen molar-refractivity contribution in [3.8, 4) is 0 Å². The van der Waals surface area contributed by atoms with Crippen LogP contribution < -0.4 is 0 Å². The maximum atomic E-state index is 6.33. The molecule has 0 radical (unpaired) electrons. The van der Waals surface area contributed by atoms with Gasteiger partial charge in [0.05, 0.1) is 18.0 Å². The van der Waals surface area contributed by atoms with E-state index in [9.17, 15) is 0 Å². The molecule has 0 aromatic rings. The normalized spacial score (nSPS) is 55.9. The molecule has 0 N–H and O–H groups in total. The summed E-state index contributed by atoms with van der Waals surface area (Å²) < 4.78 is 12.7. The van der Waals surface area contributed by atoms with Crippen LogP contribution in [0.5, 0.6) is 0 Å². The number of hydrogen-bond donors (Lipinski definition) is 0. The van der Waals surface area contributed by atoms with Gasteiger partial charge >= 0.3 is 0 Å². The monoisotopic (exact) mass is 396 g/mol. The smallest absolute Gasteiger partial charge is 0.186 e. The molecule has 1 spiro atoms. The van der Waals surface area contributed by atoms with Crippen LogP contribution in [0.4, 0.5) is 0 Å². The summed E-state index contributed by atoms with van der Waals surface area (Å²) in [6.07, 6.45) is 12.8. The molecule has 0 aromatic carbocycles. The lowest BCUT2D eigenvalue weighted by Crippen LogP contribution is -2.57. The Hall–Kier alpha value is 0.400. The number of hydrogen-bond acceptors (Lipinski definition) is 2. The largest absolute Gasteiger partial charge is 0.346 e. The Balaban J connectivity index is 1.49. The zero-order valence-electron chi connectivity index (χ0n) is 15.4. The van der Waals surface area contributed by atoms with Crippen molar-refractivity contribution >= 4 is 15.9 Å². The molecule has 4 aliphatic carbocycles. The molecule has 1 heterocycles. The van der Waals surface area contributed by atoms with Crippen molar-refractivity contribution in [2.45, 2.75) is 82.2 Å². The zero-order chi connectivity index (χ0) is 16.6. The van der Waals surface area contributed by atoms with E-state index in [4.69, 9.17) is 9.47 Å². The summed E-state index contributed by atoms with van der Waals surface area (Å²) >= 11 is 4.00. The summed E-state index contributed by atoms with van der Waals surface area (Å²) in [6, 6.07) is 0. The predicted molar refractivity (Wildman–Crippen MR) is 99.1 cm³/mol. The van der Waals surface area contributed by atoms with Crippen LogP contribution in [0.25, 0.3) is 0 Å².